The summed E-state index contributed by atoms with van der Waals surface area (Å²) < 4.78 is 294. The van der Waals surface area contributed by atoms with E-state index in [4.69, 9.17) is 0 Å². The third-order valence-corrected chi connectivity index (χ3v) is 11.9. The van der Waals surface area contributed by atoms with Gasteiger partial charge in [-0.1, -0.05) is 36.6 Å². The van der Waals surface area contributed by atoms with Gasteiger partial charge in [-0.3, -0.25) is 0 Å². The Hall–Kier alpha value is -3.92. The molecule has 0 aliphatic rings. The third kappa shape index (κ3) is 6.28. The summed E-state index contributed by atoms with van der Waals surface area (Å²) in [5.74, 6) is -71.4. The van der Waals surface area contributed by atoms with Crippen LogP contribution >= 0.6 is 0 Å². The molecule has 0 heterocycles. The first kappa shape index (κ1) is 42.5. The number of benzene rings is 4. The number of hydrogen-bond donors (Lipinski definition) is 0. The average Bonchev–Trinajstić information content (AvgIpc) is 3.12. The Kier molecular flexibility index (Phi) is 12.7. The lowest BCUT2D eigenvalue weighted by Crippen LogP contribution is -2.81. The average molecular weight is 793 g/mol. The van der Waals surface area contributed by atoms with Crippen LogP contribution in [0.2, 0.25) is 15.8 Å². The van der Waals surface area contributed by atoms with Gasteiger partial charge < -0.3 is 0 Å². The normalized spacial score (nSPS) is 11.6. The van der Waals surface area contributed by atoms with E-state index in [1.165, 1.54) is 15.8 Å². The molecule has 0 radical (unpaired) electrons. The number of hydrogen-bond acceptors (Lipinski definition) is 0. The summed E-state index contributed by atoms with van der Waals surface area (Å²) >= 11 is -0.171. The van der Waals surface area contributed by atoms with Gasteiger partial charge in [-0.25, -0.2) is 87.8 Å². The molecule has 4 aromatic carbocycles. The van der Waals surface area contributed by atoms with Crippen molar-refractivity contribution in [3.8, 4) is 0 Å². The van der Waals surface area contributed by atoms with Crippen molar-refractivity contribution in [2.24, 2.45) is 0 Å². The van der Waals surface area contributed by atoms with Crippen LogP contribution in [0, 0.1) is 116 Å². The van der Waals surface area contributed by atoms with E-state index in [1.54, 1.807) is 0 Å². The fourth-order valence-corrected chi connectivity index (χ4v) is 7.47. The van der Waals surface area contributed by atoms with Crippen LogP contribution in [0.4, 0.5) is 87.8 Å². The molecular formula is C30H15AlBF20-. The molecule has 0 fully saturated rings. The van der Waals surface area contributed by atoms with Crippen molar-refractivity contribution in [2.75, 3.05) is 0 Å². The maximum absolute atomic E-state index is 15.4. The topological polar surface area (TPSA) is 0 Å². The summed E-state index contributed by atoms with van der Waals surface area (Å²) in [7, 11) is 0. The summed E-state index contributed by atoms with van der Waals surface area (Å²) in [6, 6.07) is 0. The van der Waals surface area contributed by atoms with Gasteiger partial charge in [0.2, 0.25) is 0 Å². The molecule has 282 valence electrons. The van der Waals surface area contributed by atoms with Crippen LogP contribution in [0.3, 0.4) is 0 Å². The highest BCUT2D eigenvalue weighted by molar-refractivity contribution is 7.20. The molecular weight excluding hydrogens is 778 g/mol. The van der Waals surface area contributed by atoms with Crippen LogP contribution < -0.4 is 21.9 Å². The largest absolute Gasteiger partial charge is 0.261 e. The van der Waals surface area contributed by atoms with Crippen molar-refractivity contribution in [2.45, 2.75) is 36.6 Å². The van der Waals surface area contributed by atoms with Crippen molar-refractivity contribution >= 4 is 42.1 Å². The molecule has 0 aliphatic carbocycles. The SMILES string of the molecule is C[CH2][Al]([CH2]C)[CH2]C.Fc1c(F)c(F)c([B-](c2c(F)c(F)c(F)c(F)c2F)(c2c(F)c(F)c(F)c(F)c2F)c2c(F)c(F)c(F)c(F)c2F)c(F)c1F. The second kappa shape index (κ2) is 15.6. The molecule has 22 heteroatoms. The van der Waals surface area contributed by atoms with E-state index in [1.807, 2.05) is 0 Å². The molecule has 0 N–H and O–H groups in total. The minimum Gasteiger partial charge on any atom is -0.207 e. The zero-order valence-electron chi connectivity index (χ0n) is 25.8. The highest BCUT2D eigenvalue weighted by atomic mass is 27.2. The van der Waals surface area contributed by atoms with Gasteiger partial charge in [0, 0.05) is 0 Å². The summed E-state index contributed by atoms with van der Waals surface area (Å²) in [6.45, 7) is 6.97. The second-order valence-corrected chi connectivity index (χ2v) is 15.1. The van der Waals surface area contributed by atoms with E-state index in [0.717, 1.165) is 0 Å². The van der Waals surface area contributed by atoms with Crippen LogP contribution in [0.25, 0.3) is 0 Å². The Balaban J connectivity index is 0.000000944. The first-order valence-corrected chi connectivity index (χ1v) is 16.7. The van der Waals surface area contributed by atoms with Gasteiger partial charge in [0.25, 0.3) is 14.1 Å². The number of rotatable bonds is 7. The smallest absolute Gasteiger partial charge is 0.207 e. The lowest BCUT2D eigenvalue weighted by atomic mass is 9.12. The van der Waals surface area contributed by atoms with Gasteiger partial charge in [0.15, 0.2) is 69.8 Å². The maximum Gasteiger partial charge on any atom is 0.261 e. The molecule has 0 saturated heterocycles. The molecule has 0 amide bonds. The summed E-state index contributed by atoms with van der Waals surface area (Å²) in [4.78, 5) is 0. The lowest BCUT2D eigenvalue weighted by Gasteiger charge is -2.44. The lowest BCUT2D eigenvalue weighted by molar-refractivity contribution is 0.378. The standard InChI is InChI=1S/C24BF20.3C2H5.Al/c26-5-1(6(27)14(35)21(42)13(5)34)25(2-7(28)15(36)22(43)16(37)8(2)29,3-9(30)17(38)23(44)18(39)10(3)31)4-11(32)19(40)24(45)20(41)12(4)33;3*1-2;/h;3*1H2,2H3;/q-1;;;;. The van der Waals surface area contributed by atoms with Crippen molar-refractivity contribution in [3.63, 3.8) is 0 Å². The van der Waals surface area contributed by atoms with Gasteiger partial charge in [-0.15, -0.1) is 21.9 Å². The fraction of sp³-hybridized carbons (Fsp3) is 0.200. The molecule has 52 heavy (non-hydrogen) atoms. The van der Waals surface area contributed by atoms with Crippen LogP contribution in [-0.2, 0) is 0 Å². The molecule has 4 rings (SSSR count). The van der Waals surface area contributed by atoms with Crippen LogP contribution in [-0.4, -0.2) is 20.3 Å². The van der Waals surface area contributed by atoms with E-state index in [0.29, 0.717) is 0 Å². The molecule has 0 nitrogen and oxygen atoms in total. The molecule has 4 aromatic rings. The first-order valence-electron chi connectivity index (χ1n) is 14.3. The Morgan fingerprint density at radius 3 is 0.462 bits per heavy atom. The van der Waals surface area contributed by atoms with Crippen molar-refractivity contribution in [3.05, 3.63) is 116 Å². The minimum absolute atomic E-state index is 0.171. The van der Waals surface area contributed by atoms with Gasteiger partial charge in [-0.2, -0.15) is 0 Å². The summed E-state index contributed by atoms with van der Waals surface area (Å²) in [5.41, 5.74) is -14.3. The third-order valence-electron chi connectivity index (χ3n) is 8.44. The predicted octanol–water partition coefficient (Wildman–Crippen LogP) is 8.39. The molecule has 0 aliphatic heterocycles. The van der Waals surface area contributed by atoms with Gasteiger partial charge >= 0.3 is 0 Å². The highest BCUT2D eigenvalue weighted by Crippen LogP contribution is 2.30. The monoisotopic (exact) mass is 793 g/mol. The van der Waals surface area contributed by atoms with Crippen LogP contribution in [0.15, 0.2) is 0 Å². The Bertz CT molecular complexity index is 1670. The molecule has 0 atom stereocenters. The maximum atomic E-state index is 15.4. The van der Waals surface area contributed by atoms with Crippen molar-refractivity contribution in [1.29, 1.82) is 0 Å². The highest BCUT2D eigenvalue weighted by Gasteiger charge is 2.52. The minimum atomic E-state index is -7.22. The van der Waals surface area contributed by atoms with Crippen molar-refractivity contribution in [1.82, 2.24) is 0 Å². The Labute approximate surface area is 283 Å². The van der Waals surface area contributed by atoms with E-state index in [2.05, 4.69) is 20.8 Å². The molecule has 0 unspecified atom stereocenters. The van der Waals surface area contributed by atoms with Crippen LogP contribution in [0.5, 0.6) is 0 Å². The summed E-state index contributed by atoms with van der Waals surface area (Å²) in [5, 5.41) is 4.48. The van der Waals surface area contributed by atoms with Gasteiger partial charge in [0.1, 0.15) is 52.7 Å². The van der Waals surface area contributed by atoms with E-state index >= 15 is 35.1 Å². The van der Waals surface area contributed by atoms with E-state index < -0.39 is 144 Å². The van der Waals surface area contributed by atoms with E-state index in [9.17, 15) is 52.7 Å². The molecule has 0 aromatic heterocycles. The first-order chi connectivity index (χ1) is 24.0. The van der Waals surface area contributed by atoms with Crippen molar-refractivity contribution < 1.29 is 87.8 Å². The Morgan fingerprint density at radius 2 is 0.365 bits per heavy atom. The quantitative estimate of drug-likeness (QED) is 0.0764. The van der Waals surface area contributed by atoms with Crippen LogP contribution in [0.1, 0.15) is 20.8 Å². The number of halogens is 20. The van der Waals surface area contributed by atoms with Gasteiger partial charge in [0.05, 0.1) is 0 Å². The molecule has 0 bridgehead atoms. The summed E-state index contributed by atoms with van der Waals surface area (Å²) in [6.07, 6.45) is -7.22. The predicted molar refractivity (Wildman–Crippen MR) is 146 cm³/mol. The van der Waals surface area contributed by atoms with E-state index in [-0.39, 0.29) is 14.1 Å². The zero-order valence-corrected chi connectivity index (χ0v) is 27.0. The molecule has 0 spiro atoms. The molecule has 0 saturated carbocycles. The Morgan fingerprint density at radius 1 is 0.250 bits per heavy atom. The van der Waals surface area contributed by atoms with Gasteiger partial charge in [-0.05, 0) is 0 Å². The second-order valence-electron chi connectivity index (χ2n) is 10.9. The fourth-order valence-electron chi connectivity index (χ4n) is 5.74. The zero-order chi connectivity index (χ0) is 40.1.